The molecule has 0 saturated carbocycles. The van der Waals surface area contributed by atoms with Crippen LogP contribution >= 0.6 is 11.6 Å². The number of benzene rings is 1. The van der Waals surface area contributed by atoms with Crippen LogP contribution in [0.1, 0.15) is 22.9 Å². The number of hydrogen-bond acceptors (Lipinski definition) is 3. The molecule has 0 fully saturated rings. The van der Waals surface area contributed by atoms with E-state index in [0.717, 1.165) is 12.1 Å². The molecular formula is C16H22ClN3O. The average Bonchev–Trinajstić information content (AvgIpc) is 2.85. The summed E-state index contributed by atoms with van der Waals surface area (Å²) in [5.41, 5.74) is 3.61. The molecule has 1 unspecified atom stereocenters. The summed E-state index contributed by atoms with van der Waals surface area (Å²) in [6.45, 7) is 3.45. The van der Waals surface area contributed by atoms with Gasteiger partial charge in [0.05, 0.1) is 36.1 Å². The van der Waals surface area contributed by atoms with Crippen molar-refractivity contribution in [3.63, 3.8) is 0 Å². The predicted octanol–water partition coefficient (Wildman–Crippen LogP) is 2.99. The van der Waals surface area contributed by atoms with Gasteiger partial charge in [0.2, 0.25) is 0 Å². The first kappa shape index (κ1) is 16.0. The van der Waals surface area contributed by atoms with Crippen LogP contribution in [0, 0.1) is 6.92 Å². The molecule has 1 heterocycles. The van der Waals surface area contributed by atoms with Crippen molar-refractivity contribution >= 4 is 11.6 Å². The Morgan fingerprint density at radius 1 is 1.38 bits per heavy atom. The summed E-state index contributed by atoms with van der Waals surface area (Å²) in [5.74, 6) is 0. The molecule has 1 N–H and O–H groups in total. The first-order valence-electron chi connectivity index (χ1n) is 7.09. The Hall–Kier alpha value is -1.36. The number of rotatable bonds is 7. The minimum absolute atomic E-state index is 0.123. The highest BCUT2D eigenvalue weighted by Crippen LogP contribution is 2.26. The Morgan fingerprint density at radius 2 is 2.14 bits per heavy atom. The van der Waals surface area contributed by atoms with E-state index in [9.17, 15) is 0 Å². The lowest BCUT2D eigenvalue weighted by atomic mass is 9.99. The highest BCUT2D eigenvalue weighted by Gasteiger charge is 2.20. The van der Waals surface area contributed by atoms with E-state index < -0.39 is 0 Å². The van der Waals surface area contributed by atoms with Crippen LogP contribution in [0.3, 0.4) is 0 Å². The molecule has 0 aliphatic carbocycles. The van der Waals surface area contributed by atoms with E-state index >= 15 is 0 Å². The summed E-state index contributed by atoms with van der Waals surface area (Å²) in [6, 6.07) is 8.54. The number of hydrogen-bond donors (Lipinski definition) is 1. The van der Waals surface area contributed by atoms with E-state index in [1.165, 1.54) is 11.1 Å². The molecule has 5 heteroatoms. The van der Waals surface area contributed by atoms with Crippen LogP contribution in [0.25, 0.3) is 0 Å². The minimum atomic E-state index is 0.123. The summed E-state index contributed by atoms with van der Waals surface area (Å²) in [7, 11) is 3.64. The number of likely N-dealkylation sites (N-methyl/N-ethyl adjacent to an activating group) is 1. The van der Waals surface area contributed by atoms with Gasteiger partial charge in [-0.05, 0) is 31.5 Å². The fourth-order valence-corrected chi connectivity index (χ4v) is 2.74. The van der Waals surface area contributed by atoms with Crippen LogP contribution in [-0.4, -0.2) is 30.5 Å². The molecule has 21 heavy (non-hydrogen) atoms. The van der Waals surface area contributed by atoms with Crippen LogP contribution < -0.4 is 5.32 Å². The molecule has 0 spiro atoms. The van der Waals surface area contributed by atoms with Gasteiger partial charge >= 0.3 is 0 Å². The Bertz CT molecular complexity index is 583. The minimum Gasteiger partial charge on any atom is -0.383 e. The zero-order valence-corrected chi connectivity index (χ0v) is 13.5. The Balaban J connectivity index is 2.25. The first-order valence-corrected chi connectivity index (χ1v) is 7.47. The molecular weight excluding hydrogens is 286 g/mol. The van der Waals surface area contributed by atoms with E-state index in [2.05, 4.69) is 41.6 Å². The first-order chi connectivity index (χ1) is 10.2. The second-order valence-electron chi connectivity index (χ2n) is 5.07. The van der Waals surface area contributed by atoms with Crippen molar-refractivity contribution < 1.29 is 4.74 Å². The van der Waals surface area contributed by atoms with Gasteiger partial charge < -0.3 is 10.1 Å². The second-order valence-corrected chi connectivity index (χ2v) is 5.47. The predicted molar refractivity (Wildman–Crippen MR) is 85.8 cm³/mol. The van der Waals surface area contributed by atoms with Gasteiger partial charge in [0, 0.05) is 7.11 Å². The molecule has 0 bridgehead atoms. The smallest absolute Gasteiger partial charge is 0.0834 e. The molecule has 2 aromatic rings. The number of methoxy groups -OCH3 is 1. The molecule has 1 aromatic carbocycles. The largest absolute Gasteiger partial charge is 0.383 e. The maximum Gasteiger partial charge on any atom is 0.0834 e. The summed E-state index contributed by atoms with van der Waals surface area (Å²) in [6.07, 6.45) is 2.58. The molecule has 0 radical (unpaired) electrons. The number of aryl methyl sites for hydroxylation is 1. The third kappa shape index (κ3) is 3.84. The highest BCUT2D eigenvalue weighted by atomic mass is 35.5. The molecule has 114 valence electrons. The monoisotopic (exact) mass is 307 g/mol. The van der Waals surface area contributed by atoms with E-state index in [1.54, 1.807) is 13.3 Å². The maximum absolute atomic E-state index is 6.34. The Morgan fingerprint density at radius 3 is 2.81 bits per heavy atom. The molecule has 1 atom stereocenters. The summed E-state index contributed by atoms with van der Waals surface area (Å²) in [4.78, 5) is 0. The lowest BCUT2D eigenvalue weighted by Gasteiger charge is -2.20. The lowest BCUT2D eigenvalue weighted by Crippen LogP contribution is -2.24. The van der Waals surface area contributed by atoms with Gasteiger partial charge in [0.1, 0.15) is 0 Å². The zero-order chi connectivity index (χ0) is 15.2. The van der Waals surface area contributed by atoms with Crippen molar-refractivity contribution in [1.82, 2.24) is 15.1 Å². The van der Waals surface area contributed by atoms with Gasteiger partial charge in [0.25, 0.3) is 0 Å². The topological polar surface area (TPSA) is 39.1 Å². The molecule has 1 aromatic heterocycles. The lowest BCUT2D eigenvalue weighted by molar-refractivity contribution is 0.181. The standard InChI is InChI=1S/C16H22ClN3O/c1-12-6-4-5-7-13(12)10-15(18-2)16-14(17)11-19-20(16)8-9-21-3/h4-7,11,15,18H,8-10H2,1-3H3. The van der Waals surface area contributed by atoms with Crippen molar-refractivity contribution in [1.29, 1.82) is 0 Å². The third-order valence-electron chi connectivity index (χ3n) is 3.70. The molecule has 2 rings (SSSR count). The van der Waals surface area contributed by atoms with Crippen LogP contribution in [-0.2, 0) is 17.7 Å². The normalized spacial score (nSPS) is 12.6. The van der Waals surface area contributed by atoms with Gasteiger partial charge in [-0.25, -0.2) is 0 Å². The van der Waals surface area contributed by atoms with Crippen LogP contribution in [0.2, 0.25) is 5.02 Å². The molecule has 0 amide bonds. The number of halogens is 1. The van der Waals surface area contributed by atoms with Gasteiger partial charge in [-0.1, -0.05) is 35.9 Å². The van der Waals surface area contributed by atoms with Crippen molar-refractivity contribution in [2.45, 2.75) is 25.9 Å². The Kier molecular flexibility index (Phi) is 5.79. The summed E-state index contributed by atoms with van der Waals surface area (Å²) < 4.78 is 7.06. The van der Waals surface area contributed by atoms with Gasteiger partial charge in [-0.15, -0.1) is 0 Å². The zero-order valence-electron chi connectivity index (χ0n) is 12.8. The van der Waals surface area contributed by atoms with Crippen LogP contribution in [0.15, 0.2) is 30.5 Å². The van der Waals surface area contributed by atoms with E-state index in [-0.39, 0.29) is 6.04 Å². The van der Waals surface area contributed by atoms with E-state index in [0.29, 0.717) is 18.2 Å². The maximum atomic E-state index is 6.34. The van der Waals surface area contributed by atoms with Crippen molar-refractivity contribution in [2.75, 3.05) is 20.8 Å². The fourth-order valence-electron chi connectivity index (χ4n) is 2.47. The molecule has 0 aliphatic heterocycles. The van der Waals surface area contributed by atoms with Gasteiger partial charge in [-0.2, -0.15) is 5.10 Å². The van der Waals surface area contributed by atoms with E-state index in [1.807, 2.05) is 11.7 Å². The van der Waals surface area contributed by atoms with Crippen molar-refractivity contribution in [3.05, 3.63) is 52.3 Å². The van der Waals surface area contributed by atoms with Crippen LogP contribution in [0.5, 0.6) is 0 Å². The van der Waals surface area contributed by atoms with Crippen molar-refractivity contribution in [2.24, 2.45) is 0 Å². The highest BCUT2D eigenvalue weighted by molar-refractivity contribution is 6.31. The SMILES string of the molecule is CNC(Cc1ccccc1C)c1c(Cl)cnn1CCOC. The number of ether oxygens (including phenoxy) is 1. The third-order valence-corrected chi connectivity index (χ3v) is 4.00. The van der Waals surface area contributed by atoms with Crippen LogP contribution in [0.4, 0.5) is 0 Å². The quantitative estimate of drug-likeness (QED) is 0.854. The Labute approximate surface area is 131 Å². The second kappa shape index (κ2) is 7.59. The fraction of sp³-hybridized carbons (Fsp3) is 0.438. The van der Waals surface area contributed by atoms with E-state index in [4.69, 9.17) is 16.3 Å². The van der Waals surface area contributed by atoms with Crippen molar-refractivity contribution in [3.8, 4) is 0 Å². The molecule has 0 saturated heterocycles. The molecule has 4 nitrogen and oxygen atoms in total. The number of nitrogens with one attached hydrogen (secondary N) is 1. The number of aromatic nitrogens is 2. The van der Waals surface area contributed by atoms with Gasteiger partial charge in [-0.3, -0.25) is 4.68 Å². The average molecular weight is 308 g/mol. The summed E-state index contributed by atoms with van der Waals surface area (Å²) >= 11 is 6.34. The number of nitrogens with zero attached hydrogens (tertiary/aromatic N) is 2. The van der Waals surface area contributed by atoms with Gasteiger partial charge in [0.15, 0.2) is 0 Å². The molecule has 0 aliphatic rings. The summed E-state index contributed by atoms with van der Waals surface area (Å²) in [5, 5.41) is 8.40.